The van der Waals surface area contributed by atoms with Crippen LogP contribution in [0.15, 0.2) is 42.5 Å². The van der Waals surface area contributed by atoms with Crippen molar-refractivity contribution in [2.24, 2.45) is 0 Å². The number of anilines is 1. The highest BCUT2D eigenvalue weighted by molar-refractivity contribution is 7.22. The molecule has 0 spiro atoms. The summed E-state index contributed by atoms with van der Waals surface area (Å²) >= 11 is 1.41. The van der Waals surface area contributed by atoms with Crippen molar-refractivity contribution >= 4 is 32.6 Å². The molecule has 6 heteroatoms. The Balaban J connectivity index is 1.75. The summed E-state index contributed by atoms with van der Waals surface area (Å²) in [5, 5.41) is 12.6. The van der Waals surface area contributed by atoms with Gasteiger partial charge in [-0.3, -0.25) is 4.79 Å². The van der Waals surface area contributed by atoms with Crippen molar-refractivity contribution in [2.75, 3.05) is 12.4 Å². The number of benzene rings is 2. The zero-order valence-electron chi connectivity index (χ0n) is 11.9. The van der Waals surface area contributed by atoms with Gasteiger partial charge >= 0.3 is 0 Å². The van der Waals surface area contributed by atoms with Crippen LogP contribution in [0.25, 0.3) is 10.2 Å². The number of hydrogen-bond donors (Lipinski definition) is 2. The lowest BCUT2D eigenvalue weighted by atomic mass is 10.1. The van der Waals surface area contributed by atoms with Gasteiger partial charge < -0.3 is 15.2 Å². The summed E-state index contributed by atoms with van der Waals surface area (Å²) in [7, 11) is 1.59. The molecule has 2 N–H and O–H groups in total. The maximum absolute atomic E-state index is 12.1. The highest BCUT2D eigenvalue weighted by Crippen LogP contribution is 2.32. The van der Waals surface area contributed by atoms with E-state index >= 15 is 0 Å². The fourth-order valence-electron chi connectivity index (χ4n) is 2.10. The minimum absolute atomic E-state index is 0.149. The van der Waals surface area contributed by atoms with Crippen molar-refractivity contribution in [3.8, 4) is 11.5 Å². The molecule has 0 saturated heterocycles. The minimum atomic E-state index is -0.149. The van der Waals surface area contributed by atoms with Gasteiger partial charge in [0.05, 0.1) is 18.2 Å². The van der Waals surface area contributed by atoms with Gasteiger partial charge in [0, 0.05) is 0 Å². The smallest absolute Gasteiger partial charge is 0.230 e. The van der Waals surface area contributed by atoms with E-state index in [1.54, 1.807) is 31.4 Å². The number of fused-ring (bicyclic) bond motifs is 1. The Morgan fingerprint density at radius 2 is 2.05 bits per heavy atom. The average molecular weight is 314 g/mol. The minimum Gasteiger partial charge on any atom is -0.508 e. The molecule has 0 aliphatic heterocycles. The van der Waals surface area contributed by atoms with Gasteiger partial charge in [-0.15, -0.1) is 0 Å². The van der Waals surface area contributed by atoms with E-state index in [4.69, 9.17) is 4.74 Å². The van der Waals surface area contributed by atoms with E-state index in [0.29, 0.717) is 10.9 Å². The third-order valence-electron chi connectivity index (χ3n) is 3.15. The number of aromatic nitrogens is 1. The van der Waals surface area contributed by atoms with Gasteiger partial charge in [0.15, 0.2) is 5.13 Å². The lowest BCUT2D eigenvalue weighted by Gasteiger charge is -2.02. The molecule has 1 heterocycles. The second kappa shape index (κ2) is 6.03. The lowest BCUT2D eigenvalue weighted by Crippen LogP contribution is -2.14. The van der Waals surface area contributed by atoms with E-state index in [9.17, 15) is 9.90 Å². The number of phenolic OH excluding ortho intramolecular Hbond substituents is 1. The first-order chi connectivity index (χ1) is 10.7. The Labute approximate surface area is 131 Å². The number of aromatic hydroxyl groups is 1. The molecule has 0 aliphatic rings. The summed E-state index contributed by atoms with van der Waals surface area (Å²) in [4.78, 5) is 16.5. The standard InChI is InChI=1S/C16H14N2O3S/c1-21-12-3-2-4-13-15(12)18-16(22-13)17-14(20)9-10-5-7-11(19)8-6-10/h2-8,19H,9H2,1H3,(H,17,18,20). The number of amides is 1. The molecule has 112 valence electrons. The number of methoxy groups -OCH3 is 1. The zero-order chi connectivity index (χ0) is 15.5. The van der Waals surface area contributed by atoms with Crippen molar-refractivity contribution in [3.05, 3.63) is 48.0 Å². The van der Waals surface area contributed by atoms with Crippen LogP contribution in [0.4, 0.5) is 5.13 Å². The topological polar surface area (TPSA) is 71.5 Å². The van der Waals surface area contributed by atoms with E-state index in [2.05, 4.69) is 10.3 Å². The van der Waals surface area contributed by atoms with Gasteiger partial charge in [0.2, 0.25) is 5.91 Å². The van der Waals surface area contributed by atoms with Crippen LogP contribution in [0.3, 0.4) is 0 Å². The second-order valence-electron chi connectivity index (χ2n) is 4.72. The molecule has 3 rings (SSSR count). The number of nitrogens with one attached hydrogen (secondary N) is 1. The summed E-state index contributed by atoms with van der Waals surface area (Å²) in [6.07, 6.45) is 0.230. The first-order valence-corrected chi connectivity index (χ1v) is 7.48. The van der Waals surface area contributed by atoms with Crippen LogP contribution in [0.1, 0.15) is 5.56 Å². The second-order valence-corrected chi connectivity index (χ2v) is 5.75. The van der Waals surface area contributed by atoms with Gasteiger partial charge in [-0.2, -0.15) is 0 Å². The molecular formula is C16H14N2O3S. The SMILES string of the molecule is COc1cccc2sc(NC(=O)Cc3ccc(O)cc3)nc12. The van der Waals surface area contributed by atoms with Crippen LogP contribution >= 0.6 is 11.3 Å². The van der Waals surface area contributed by atoms with Gasteiger partial charge in [-0.05, 0) is 29.8 Å². The number of phenols is 1. The molecule has 0 bridgehead atoms. The maximum atomic E-state index is 12.1. The van der Waals surface area contributed by atoms with Crippen LogP contribution in [-0.4, -0.2) is 23.1 Å². The van der Waals surface area contributed by atoms with Crippen LogP contribution in [0, 0.1) is 0 Å². The normalized spacial score (nSPS) is 10.6. The third-order valence-corrected chi connectivity index (χ3v) is 4.09. The molecule has 1 aromatic heterocycles. The van der Waals surface area contributed by atoms with Crippen molar-refractivity contribution in [3.63, 3.8) is 0 Å². The molecule has 1 amide bonds. The highest BCUT2D eigenvalue weighted by atomic mass is 32.1. The Morgan fingerprint density at radius 3 is 2.77 bits per heavy atom. The Morgan fingerprint density at radius 1 is 1.27 bits per heavy atom. The number of carbonyl (C=O) groups is 1. The predicted molar refractivity (Wildman–Crippen MR) is 86.6 cm³/mol. The van der Waals surface area contributed by atoms with Crippen LogP contribution in [0.5, 0.6) is 11.5 Å². The van der Waals surface area contributed by atoms with Gasteiger partial charge in [0.1, 0.15) is 17.0 Å². The Hall–Kier alpha value is -2.60. The molecule has 0 fully saturated rings. The number of hydrogen-bond acceptors (Lipinski definition) is 5. The van der Waals surface area contributed by atoms with Gasteiger partial charge in [-0.1, -0.05) is 29.5 Å². The number of ether oxygens (including phenoxy) is 1. The molecule has 0 aliphatic carbocycles. The number of para-hydroxylation sites is 1. The third kappa shape index (κ3) is 3.01. The van der Waals surface area contributed by atoms with E-state index in [-0.39, 0.29) is 18.1 Å². The first-order valence-electron chi connectivity index (χ1n) is 6.67. The molecule has 0 atom stereocenters. The lowest BCUT2D eigenvalue weighted by molar-refractivity contribution is -0.115. The molecule has 0 unspecified atom stereocenters. The van der Waals surface area contributed by atoms with Crippen LogP contribution < -0.4 is 10.1 Å². The van der Waals surface area contributed by atoms with Crippen molar-refractivity contribution < 1.29 is 14.6 Å². The van der Waals surface area contributed by atoms with E-state index < -0.39 is 0 Å². The van der Waals surface area contributed by atoms with Crippen LogP contribution in [0.2, 0.25) is 0 Å². The van der Waals surface area contributed by atoms with E-state index in [1.807, 2.05) is 18.2 Å². The molecule has 2 aromatic carbocycles. The summed E-state index contributed by atoms with van der Waals surface area (Å²) in [5.41, 5.74) is 1.57. The van der Waals surface area contributed by atoms with Crippen molar-refractivity contribution in [1.29, 1.82) is 0 Å². The number of rotatable bonds is 4. The molecule has 5 nitrogen and oxygen atoms in total. The monoisotopic (exact) mass is 314 g/mol. The Kier molecular flexibility index (Phi) is 3.93. The molecule has 0 radical (unpaired) electrons. The highest BCUT2D eigenvalue weighted by Gasteiger charge is 2.11. The summed E-state index contributed by atoms with van der Waals surface area (Å²) < 4.78 is 6.22. The fourth-order valence-corrected chi connectivity index (χ4v) is 3.00. The maximum Gasteiger partial charge on any atom is 0.230 e. The van der Waals surface area contributed by atoms with E-state index in [1.165, 1.54) is 11.3 Å². The largest absolute Gasteiger partial charge is 0.508 e. The van der Waals surface area contributed by atoms with Crippen molar-refractivity contribution in [2.45, 2.75) is 6.42 Å². The van der Waals surface area contributed by atoms with Crippen LogP contribution in [-0.2, 0) is 11.2 Å². The quantitative estimate of drug-likeness (QED) is 0.776. The molecule has 3 aromatic rings. The fraction of sp³-hybridized carbons (Fsp3) is 0.125. The number of carbonyl (C=O) groups excluding carboxylic acids is 1. The number of nitrogens with zero attached hydrogens (tertiary/aromatic N) is 1. The summed E-state index contributed by atoms with van der Waals surface area (Å²) in [6.45, 7) is 0. The summed E-state index contributed by atoms with van der Waals surface area (Å²) in [5.74, 6) is 0.721. The predicted octanol–water partition coefficient (Wildman–Crippen LogP) is 3.19. The zero-order valence-corrected chi connectivity index (χ0v) is 12.7. The molecular weight excluding hydrogens is 300 g/mol. The van der Waals surface area contributed by atoms with Gasteiger partial charge in [0.25, 0.3) is 0 Å². The molecule has 0 saturated carbocycles. The van der Waals surface area contributed by atoms with E-state index in [0.717, 1.165) is 15.8 Å². The first kappa shape index (κ1) is 14.3. The summed E-state index contributed by atoms with van der Waals surface area (Å²) in [6, 6.07) is 12.2. The molecule has 22 heavy (non-hydrogen) atoms. The van der Waals surface area contributed by atoms with Crippen molar-refractivity contribution in [1.82, 2.24) is 4.98 Å². The Bertz CT molecular complexity index is 812. The van der Waals surface area contributed by atoms with Gasteiger partial charge in [-0.25, -0.2) is 4.98 Å². The average Bonchev–Trinajstić information content (AvgIpc) is 2.91. The number of thiazole rings is 1.